The number of nitrogens with zero attached hydrogens (tertiary/aromatic N) is 1. The van der Waals surface area contributed by atoms with Gasteiger partial charge in [0.2, 0.25) is 0 Å². The van der Waals surface area contributed by atoms with Crippen molar-refractivity contribution in [2.75, 3.05) is 26.3 Å². The maximum absolute atomic E-state index is 10.4. The molecular weight excluding hydrogens is 366 g/mol. The zero-order chi connectivity index (χ0) is 19.4. The molecule has 146 valence electrons. The summed E-state index contributed by atoms with van der Waals surface area (Å²) in [7, 11) is 0. The zero-order valence-corrected chi connectivity index (χ0v) is 16.4. The second-order valence-electron chi connectivity index (χ2n) is 7.00. The lowest BCUT2D eigenvalue weighted by Crippen LogP contribution is -2.30. The van der Waals surface area contributed by atoms with Crippen molar-refractivity contribution < 1.29 is 19.7 Å². The van der Waals surface area contributed by atoms with Gasteiger partial charge in [0.05, 0.1) is 6.61 Å². The molecule has 1 aliphatic heterocycles. The molecule has 27 heavy (non-hydrogen) atoms. The SMILES string of the molecule is Cc1cc(O[C@@H]2CN(Cc3ccc(OCCO)cc3)C[C@H]2O)cc(C)c1Cl. The first kappa shape index (κ1) is 20.0. The minimum Gasteiger partial charge on any atom is -0.491 e. The van der Waals surface area contributed by atoms with Crippen molar-refractivity contribution >= 4 is 11.6 Å². The third-order valence-corrected chi connectivity index (χ3v) is 5.30. The van der Waals surface area contributed by atoms with Crippen molar-refractivity contribution in [3.8, 4) is 11.5 Å². The van der Waals surface area contributed by atoms with Crippen molar-refractivity contribution in [2.24, 2.45) is 0 Å². The summed E-state index contributed by atoms with van der Waals surface area (Å²) >= 11 is 6.21. The molecule has 2 N–H and O–H groups in total. The van der Waals surface area contributed by atoms with Crippen molar-refractivity contribution in [1.82, 2.24) is 4.90 Å². The lowest BCUT2D eigenvalue weighted by molar-refractivity contribution is 0.0736. The van der Waals surface area contributed by atoms with E-state index in [4.69, 9.17) is 26.2 Å². The minimum atomic E-state index is -0.534. The summed E-state index contributed by atoms with van der Waals surface area (Å²) < 4.78 is 11.4. The molecule has 0 bridgehead atoms. The van der Waals surface area contributed by atoms with E-state index >= 15 is 0 Å². The zero-order valence-electron chi connectivity index (χ0n) is 15.7. The van der Waals surface area contributed by atoms with E-state index in [1.54, 1.807) is 0 Å². The number of ether oxygens (including phenoxy) is 2. The number of likely N-dealkylation sites (tertiary alicyclic amines) is 1. The van der Waals surface area contributed by atoms with Gasteiger partial charge in [-0.2, -0.15) is 0 Å². The topological polar surface area (TPSA) is 62.2 Å². The van der Waals surface area contributed by atoms with Gasteiger partial charge in [0, 0.05) is 24.7 Å². The first-order valence-electron chi connectivity index (χ1n) is 9.12. The normalized spacial score (nSPS) is 20.0. The van der Waals surface area contributed by atoms with Gasteiger partial charge in [-0.1, -0.05) is 23.7 Å². The largest absolute Gasteiger partial charge is 0.491 e. The van der Waals surface area contributed by atoms with Gasteiger partial charge >= 0.3 is 0 Å². The van der Waals surface area contributed by atoms with Gasteiger partial charge in [-0.3, -0.25) is 4.90 Å². The monoisotopic (exact) mass is 391 g/mol. The van der Waals surface area contributed by atoms with Crippen LogP contribution in [-0.2, 0) is 6.54 Å². The molecule has 0 spiro atoms. The van der Waals surface area contributed by atoms with Crippen LogP contribution < -0.4 is 9.47 Å². The number of aliphatic hydroxyl groups excluding tert-OH is 2. The summed E-state index contributed by atoms with van der Waals surface area (Å²) in [6.45, 7) is 6.16. The van der Waals surface area contributed by atoms with Crippen molar-refractivity contribution in [3.63, 3.8) is 0 Å². The second kappa shape index (κ2) is 8.93. The molecule has 6 heteroatoms. The lowest BCUT2D eigenvalue weighted by atomic mass is 10.1. The van der Waals surface area contributed by atoms with E-state index in [1.165, 1.54) is 0 Å². The van der Waals surface area contributed by atoms with Crippen molar-refractivity contribution in [3.05, 3.63) is 58.1 Å². The standard InChI is InChI=1S/C21H26ClNO4/c1-14-9-18(10-15(2)21(14)22)27-20-13-23(12-19(20)25)11-16-3-5-17(6-4-16)26-8-7-24/h3-6,9-10,19-20,24-25H,7-8,11-13H2,1-2H3/t19-,20-/m1/s1. The van der Waals surface area contributed by atoms with Gasteiger partial charge < -0.3 is 19.7 Å². The molecule has 1 aliphatic rings. The van der Waals surface area contributed by atoms with Crippen LogP contribution in [0.15, 0.2) is 36.4 Å². The van der Waals surface area contributed by atoms with Crippen LogP contribution in [0.1, 0.15) is 16.7 Å². The smallest absolute Gasteiger partial charge is 0.138 e. The third-order valence-electron chi connectivity index (χ3n) is 4.70. The predicted molar refractivity (Wildman–Crippen MR) is 106 cm³/mol. The molecule has 0 unspecified atom stereocenters. The Labute approximate surface area is 165 Å². The maximum Gasteiger partial charge on any atom is 0.138 e. The highest BCUT2D eigenvalue weighted by atomic mass is 35.5. The van der Waals surface area contributed by atoms with E-state index < -0.39 is 6.10 Å². The highest BCUT2D eigenvalue weighted by Gasteiger charge is 2.33. The van der Waals surface area contributed by atoms with Gasteiger partial charge in [0.15, 0.2) is 0 Å². The summed E-state index contributed by atoms with van der Waals surface area (Å²) in [5.41, 5.74) is 3.08. The van der Waals surface area contributed by atoms with Crippen LogP contribution in [0, 0.1) is 13.8 Å². The number of hydrogen-bond donors (Lipinski definition) is 2. The van der Waals surface area contributed by atoms with E-state index in [-0.39, 0.29) is 12.7 Å². The van der Waals surface area contributed by atoms with Crippen LogP contribution >= 0.6 is 11.6 Å². The van der Waals surface area contributed by atoms with E-state index in [0.717, 1.165) is 39.8 Å². The van der Waals surface area contributed by atoms with Crippen LogP contribution in [-0.4, -0.2) is 53.6 Å². The van der Waals surface area contributed by atoms with Crippen molar-refractivity contribution in [1.29, 1.82) is 0 Å². The number of aliphatic hydroxyl groups is 2. The average Bonchev–Trinajstić information content (AvgIpc) is 2.98. The average molecular weight is 392 g/mol. The Morgan fingerprint density at radius 1 is 1.07 bits per heavy atom. The molecule has 0 amide bonds. The number of benzene rings is 2. The van der Waals surface area contributed by atoms with Gasteiger partial charge in [-0.15, -0.1) is 0 Å². The Morgan fingerprint density at radius 2 is 1.74 bits per heavy atom. The van der Waals surface area contributed by atoms with Crippen LogP contribution in [0.25, 0.3) is 0 Å². The molecule has 0 aromatic heterocycles. The Morgan fingerprint density at radius 3 is 2.37 bits per heavy atom. The molecule has 0 aliphatic carbocycles. The fraction of sp³-hybridized carbons (Fsp3) is 0.429. The number of hydrogen-bond acceptors (Lipinski definition) is 5. The predicted octanol–water partition coefficient (Wildman–Crippen LogP) is 2.95. The van der Waals surface area contributed by atoms with Crippen LogP contribution in [0.3, 0.4) is 0 Å². The summed E-state index contributed by atoms with van der Waals surface area (Å²) in [4.78, 5) is 2.18. The molecule has 2 aromatic carbocycles. The molecule has 3 rings (SSSR count). The Bertz CT molecular complexity index is 742. The van der Waals surface area contributed by atoms with Crippen LogP contribution in [0.2, 0.25) is 5.02 Å². The first-order valence-corrected chi connectivity index (χ1v) is 9.50. The highest BCUT2D eigenvalue weighted by molar-refractivity contribution is 6.32. The molecule has 1 fully saturated rings. The lowest BCUT2D eigenvalue weighted by Gasteiger charge is -2.18. The molecule has 0 radical (unpaired) electrons. The molecule has 1 heterocycles. The summed E-state index contributed by atoms with van der Waals surface area (Å²) in [6.07, 6.45) is -0.800. The van der Waals surface area contributed by atoms with E-state index in [1.807, 2.05) is 50.2 Å². The Hall–Kier alpha value is -1.79. The van der Waals surface area contributed by atoms with Gasteiger partial charge in [-0.05, 0) is 54.8 Å². The van der Waals surface area contributed by atoms with Crippen molar-refractivity contribution in [2.45, 2.75) is 32.6 Å². The van der Waals surface area contributed by atoms with Gasteiger partial charge in [0.25, 0.3) is 0 Å². The third kappa shape index (κ3) is 5.14. The molecular formula is C21H26ClNO4. The minimum absolute atomic E-state index is 0.00146. The quantitative estimate of drug-likeness (QED) is 0.759. The molecule has 2 aromatic rings. The first-order chi connectivity index (χ1) is 13.0. The molecule has 0 saturated carbocycles. The number of aryl methyl sites for hydroxylation is 2. The summed E-state index contributed by atoms with van der Waals surface area (Å²) in [5, 5.41) is 19.9. The Kier molecular flexibility index (Phi) is 6.60. The van der Waals surface area contributed by atoms with E-state index in [2.05, 4.69) is 4.90 Å². The second-order valence-corrected chi connectivity index (χ2v) is 7.38. The van der Waals surface area contributed by atoms with Crippen LogP contribution in [0.5, 0.6) is 11.5 Å². The molecule has 2 atom stereocenters. The number of halogens is 1. The van der Waals surface area contributed by atoms with E-state index in [9.17, 15) is 5.11 Å². The summed E-state index contributed by atoms with van der Waals surface area (Å²) in [6, 6.07) is 11.6. The molecule has 1 saturated heterocycles. The fourth-order valence-electron chi connectivity index (χ4n) is 3.34. The maximum atomic E-state index is 10.4. The van der Waals surface area contributed by atoms with Gasteiger partial charge in [0.1, 0.15) is 30.3 Å². The summed E-state index contributed by atoms with van der Waals surface area (Å²) in [5.74, 6) is 1.48. The highest BCUT2D eigenvalue weighted by Crippen LogP contribution is 2.28. The van der Waals surface area contributed by atoms with Crippen LogP contribution in [0.4, 0.5) is 0 Å². The number of β-amino-alcohol motifs (C(OH)–C–C–N with tert-alkyl or cyclic N) is 1. The fourth-order valence-corrected chi connectivity index (χ4v) is 3.45. The number of rotatable bonds is 7. The molecule has 5 nitrogen and oxygen atoms in total. The Balaban J connectivity index is 1.58. The van der Waals surface area contributed by atoms with Gasteiger partial charge in [-0.25, -0.2) is 0 Å². The van der Waals surface area contributed by atoms with E-state index in [0.29, 0.717) is 19.7 Å².